The lowest BCUT2D eigenvalue weighted by molar-refractivity contribution is 0.0985. The van der Waals surface area contributed by atoms with Crippen molar-refractivity contribution in [2.24, 2.45) is 0 Å². The number of sulfonamides is 1. The van der Waals surface area contributed by atoms with E-state index in [2.05, 4.69) is 4.90 Å². The zero-order chi connectivity index (χ0) is 25.3. The minimum Gasteiger partial charge on any atom is -0.495 e. The number of fused-ring (bicyclic) bond motifs is 1. The molecule has 3 aromatic carbocycles. The molecule has 2 heterocycles. The highest BCUT2D eigenvalue weighted by Crippen LogP contribution is 2.33. The van der Waals surface area contributed by atoms with Crippen molar-refractivity contribution in [3.8, 4) is 5.75 Å². The molecule has 0 saturated carbocycles. The van der Waals surface area contributed by atoms with E-state index in [1.54, 1.807) is 58.8 Å². The van der Waals surface area contributed by atoms with Gasteiger partial charge in [0.15, 0.2) is 0 Å². The maximum atomic E-state index is 13.5. The first-order chi connectivity index (χ1) is 17.4. The molecular formula is C27H28ClN3O4S. The summed E-state index contributed by atoms with van der Waals surface area (Å²) in [6, 6.07) is 19.8. The molecule has 36 heavy (non-hydrogen) atoms. The third-order valence-electron chi connectivity index (χ3n) is 6.79. The number of hydrogen-bond acceptors (Lipinski definition) is 5. The molecular weight excluding hydrogens is 498 g/mol. The monoisotopic (exact) mass is 525 g/mol. The van der Waals surface area contributed by atoms with Crippen molar-refractivity contribution >= 4 is 38.9 Å². The van der Waals surface area contributed by atoms with Crippen molar-refractivity contribution in [1.29, 1.82) is 0 Å². The van der Waals surface area contributed by atoms with Crippen LogP contribution >= 0.6 is 11.6 Å². The molecule has 0 N–H and O–H groups in total. The SMILES string of the molecule is COc1ccccc1N1CCN(S(=O)(=O)c2ccc3c(c2)CCCN3C(=O)c2cccc(Cl)c2)CC1. The Morgan fingerprint density at radius 2 is 1.67 bits per heavy atom. The minimum absolute atomic E-state index is 0.137. The van der Waals surface area contributed by atoms with Gasteiger partial charge in [-0.25, -0.2) is 8.42 Å². The van der Waals surface area contributed by atoms with Gasteiger partial charge in [0.2, 0.25) is 10.0 Å². The van der Waals surface area contributed by atoms with E-state index in [1.807, 2.05) is 24.3 Å². The number of amides is 1. The zero-order valence-corrected chi connectivity index (χ0v) is 21.6. The van der Waals surface area contributed by atoms with Gasteiger partial charge < -0.3 is 14.5 Å². The van der Waals surface area contributed by atoms with Crippen LogP contribution in [0.5, 0.6) is 5.75 Å². The lowest BCUT2D eigenvalue weighted by atomic mass is 10.0. The number of carbonyl (C=O) groups is 1. The van der Waals surface area contributed by atoms with Crippen LogP contribution in [0.4, 0.5) is 11.4 Å². The number of halogens is 1. The molecule has 188 valence electrons. The summed E-state index contributed by atoms with van der Waals surface area (Å²) in [5, 5.41) is 0.505. The lowest BCUT2D eigenvalue weighted by Crippen LogP contribution is -2.48. The Labute approximate surface area is 216 Å². The number of benzene rings is 3. The van der Waals surface area contributed by atoms with Crippen LogP contribution in [0.15, 0.2) is 71.6 Å². The summed E-state index contributed by atoms with van der Waals surface area (Å²) < 4.78 is 34.0. The van der Waals surface area contributed by atoms with Gasteiger partial charge in [0, 0.05) is 49.0 Å². The largest absolute Gasteiger partial charge is 0.495 e. The molecule has 0 atom stereocenters. The van der Waals surface area contributed by atoms with E-state index in [9.17, 15) is 13.2 Å². The highest BCUT2D eigenvalue weighted by molar-refractivity contribution is 7.89. The number of piperazine rings is 1. The molecule has 1 amide bonds. The van der Waals surface area contributed by atoms with Crippen LogP contribution in [0.3, 0.4) is 0 Å². The minimum atomic E-state index is -3.66. The van der Waals surface area contributed by atoms with E-state index in [4.69, 9.17) is 16.3 Å². The fourth-order valence-electron chi connectivity index (χ4n) is 4.93. The van der Waals surface area contributed by atoms with Crippen LogP contribution in [0, 0.1) is 0 Å². The van der Waals surface area contributed by atoms with Crippen molar-refractivity contribution in [1.82, 2.24) is 4.31 Å². The van der Waals surface area contributed by atoms with Crippen LogP contribution in [0.25, 0.3) is 0 Å². The molecule has 0 radical (unpaired) electrons. The van der Waals surface area contributed by atoms with E-state index in [-0.39, 0.29) is 10.8 Å². The van der Waals surface area contributed by atoms with Crippen molar-refractivity contribution in [3.63, 3.8) is 0 Å². The Kier molecular flexibility index (Phi) is 6.92. The predicted octanol–water partition coefficient (Wildman–Crippen LogP) is 4.45. The maximum absolute atomic E-state index is 13.5. The average molecular weight is 526 g/mol. The molecule has 0 spiro atoms. The summed E-state index contributed by atoms with van der Waals surface area (Å²) in [6.07, 6.45) is 1.49. The fraction of sp³-hybridized carbons (Fsp3) is 0.296. The number of carbonyl (C=O) groups excluding carboxylic acids is 1. The topological polar surface area (TPSA) is 70.2 Å². The number of para-hydroxylation sites is 2. The summed E-state index contributed by atoms with van der Waals surface area (Å²) in [5.74, 6) is 0.641. The van der Waals surface area contributed by atoms with Crippen LogP contribution in [-0.4, -0.2) is 58.5 Å². The first-order valence-electron chi connectivity index (χ1n) is 12.0. The van der Waals surface area contributed by atoms with E-state index in [0.717, 1.165) is 35.5 Å². The molecule has 2 aliphatic rings. The number of aryl methyl sites for hydroxylation is 1. The second-order valence-electron chi connectivity index (χ2n) is 8.92. The van der Waals surface area contributed by atoms with Gasteiger partial charge in [-0.1, -0.05) is 29.8 Å². The van der Waals surface area contributed by atoms with Crippen molar-refractivity contribution < 1.29 is 17.9 Å². The number of nitrogens with zero attached hydrogens (tertiary/aromatic N) is 3. The molecule has 1 saturated heterocycles. The van der Waals surface area contributed by atoms with Gasteiger partial charge in [-0.3, -0.25) is 4.79 Å². The Morgan fingerprint density at radius 1 is 0.889 bits per heavy atom. The number of rotatable bonds is 5. The number of anilines is 2. The van der Waals surface area contributed by atoms with Crippen molar-refractivity contribution in [3.05, 3.63) is 82.9 Å². The summed E-state index contributed by atoms with van der Waals surface area (Å²) in [4.78, 5) is 17.3. The van der Waals surface area contributed by atoms with Gasteiger partial charge in [0.1, 0.15) is 5.75 Å². The maximum Gasteiger partial charge on any atom is 0.258 e. The van der Waals surface area contributed by atoms with Gasteiger partial charge in [-0.2, -0.15) is 4.31 Å². The molecule has 0 aliphatic carbocycles. The third kappa shape index (κ3) is 4.68. The number of methoxy groups -OCH3 is 1. The number of hydrogen-bond donors (Lipinski definition) is 0. The zero-order valence-electron chi connectivity index (χ0n) is 20.1. The molecule has 9 heteroatoms. The second-order valence-corrected chi connectivity index (χ2v) is 11.3. The normalized spacial score (nSPS) is 16.5. The molecule has 0 unspecified atom stereocenters. The third-order valence-corrected chi connectivity index (χ3v) is 8.92. The van der Waals surface area contributed by atoms with Gasteiger partial charge in [0.05, 0.1) is 17.7 Å². The first kappa shape index (κ1) is 24.6. The van der Waals surface area contributed by atoms with Crippen LogP contribution in [-0.2, 0) is 16.4 Å². The lowest BCUT2D eigenvalue weighted by Gasteiger charge is -2.36. The van der Waals surface area contributed by atoms with E-state index < -0.39 is 10.0 Å². The average Bonchev–Trinajstić information content (AvgIpc) is 2.92. The van der Waals surface area contributed by atoms with Crippen LogP contribution in [0.2, 0.25) is 5.02 Å². The summed E-state index contributed by atoms with van der Waals surface area (Å²) in [6.45, 7) is 2.50. The van der Waals surface area contributed by atoms with Gasteiger partial charge in [-0.15, -0.1) is 0 Å². The van der Waals surface area contributed by atoms with Crippen molar-refractivity contribution in [2.75, 3.05) is 49.6 Å². The second kappa shape index (κ2) is 10.1. The Balaban J connectivity index is 1.34. The molecule has 5 rings (SSSR count). The fourth-order valence-corrected chi connectivity index (χ4v) is 6.60. The smallest absolute Gasteiger partial charge is 0.258 e. The van der Waals surface area contributed by atoms with E-state index >= 15 is 0 Å². The Hall–Kier alpha value is -3.07. The van der Waals surface area contributed by atoms with E-state index in [0.29, 0.717) is 43.3 Å². The summed E-state index contributed by atoms with van der Waals surface area (Å²) >= 11 is 6.08. The highest BCUT2D eigenvalue weighted by Gasteiger charge is 2.31. The predicted molar refractivity (Wildman–Crippen MR) is 142 cm³/mol. The Bertz CT molecular complexity index is 1390. The van der Waals surface area contributed by atoms with Crippen LogP contribution in [0.1, 0.15) is 22.3 Å². The molecule has 7 nitrogen and oxygen atoms in total. The van der Waals surface area contributed by atoms with Crippen molar-refractivity contribution in [2.45, 2.75) is 17.7 Å². The molecule has 0 bridgehead atoms. The van der Waals surface area contributed by atoms with E-state index in [1.165, 1.54) is 0 Å². The molecule has 0 aromatic heterocycles. The standard InChI is InChI=1S/C27H28ClN3O4S/c1-35-26-10-3-2-9-25(26)29-14-16-30(17-15-29)36(33,34)23-11-12-24-20(19-23)7-5-13-31(24)27(32)21-6-4-8-22(28)18-21/h2-4,6,8-12,18-19H,5,7,13-17H2,1H3. The van der Waals surface area contributed by atoms with Gasteiger partial charge in [-0.05, 0) is 66.9 Å². The molecule has 1 fully saturated rings. The van der Waals surface area contributed by atoms with Crippen LogP contribution < -0.4 is 14.5 Å². The first-order valence-corrected chi connectivity index (χ1v) is 13.8. The van der Waals surface area contributed by atoms with Gasteiger partial charge >= 0.3 is 0 Å². The molecule has 2 aliphatic heterocycles. The van der Waals surface area contributed by atoms with Gasteiger partial charge in [0.25, 0.3) is 5.91 Å². The number of ether oxygens (including phenoxy) is 1. The summed E-state index contributed by atoms with van der Waals surface area (Å²) in [7, 11) is -2.02. The highest BCUT2D eigenvalue weighted by atomic mass is 35.5. The Morgan fingerprint density at radius 3 is 2.42 bits per heavy atom. The quantitative estimate of drug-likeness (QED) is 0.492. The summed E-state index contributed by atoms with van der Waals surface area (Å²) in [5.41, 5.74) is 3.10. The molecule has 3 aromatic rings.